The molecule has 0 fully saturated rings. The van der Waals surface area contributed by atoms with Crippen LogP contribution in [0.3, 0.4) is 0 Å². The molecule has 0 aliphatic carbocycles. The molecular weight excluding hydrogens is 202 g/mol. The summed E-state index contributed by atoms with van der Waals surface area (Å²) < 4.78 is 0. The molecule has 3 N–H and O–H groups in total. The van der Waals surface area contributed by atoms with Gasteiger partial charge in [0.15, 0.2) is 11.5 Å². The average Bonchev–Trinajstić information content (AvgIpc) is 2.50. The van der Waals surface area contributed by atoms with Crippen LogP contribution in [-0.4, -0.2) is 10.2 Å². The summed E-state index contributed by atoms with van der Waals surface area (Å²) in [5, 5.41) is 22.4. The molecule has 0 saturated heterocycles. The number of hydrogen-bond donors (Lipinski definition) is 3. The van der Waals surface area contributed by atoms with Gasteiger partial charge in [0.1, 0.15) is 0 Å². The topological polar surface area (TPSA) is 52.5 Å². The molecule has 1 aromatic carbocycles. The van der Waals surface area contributed by atoms with Crippen molar-refractivity contribution in [3.63, 3.8) is 0 Å². The van der Waals surface area contributed by atoms with Crippen molar-refractivity contribution in [2.45, 2.75) is 6.42 Å². The van der Waals surface area contributed by atoms with Crippen molar-refractivity contribution in [1.82, 2.24) is 5.32 Å². The van der Waals surface area contributed by atoms with E-state index < -0.39 is 0 Å². The Morgan fingerprint density at radius 1 is 1.25 bits per heavy atom. The molecule has 0 saturated carbocycles. The summed E-state index contributed by atoms with van der Waals surface area (Å²) in [4.78, 5) is 0. The number of benzene rings is 1. The summed E-state index contributed by atoms with van der Waals surface area (Å²) in [6, 6.07) is 1.55. The minimum atomic E-state index is -0.101. The molecule has 1 aliphatic rings. The number of phenolic OH excluding ortho intramolecular Hbond substituents is 2. The van der Waals surface area contributed by atoms with Crippen LogP contribution < -0.4 is 5.32 Å². The van der Waals surface area contributed by atoms with Crippen LogP contribution in [0.25, 0.3) is 12.2 Å². The fraction of sp³-hybridized carbons (Fsp3) is 0.0769. The Balaban J connectivity index is 2.70. The minimum Gasteiger partial charge on any atom is -0.504 e. The van der Waals surface area contributed by atoms with Crippen molar-refractivity contribution in [1.29, 1.82) is 0 Å². The van der Waals surface area contributed by atoms with Gasteiger partial charge in [0.25, 0.3) is 0 Å². The van der Waals surface area contributed by atoms with Gasteiger partial charge in [-0.25, -0.2) is 0 Å². The monoisotopic (exact) mass is 215 g/mol. The number of allylic oxidation sites excluding steroid dienone is 1. The fourth-order valence-electron chi connectivity index (χ4n) is 1.76. The predicted octanol–water partition coefficient (Wildman–Crippen LogP) is 2.37. The van der Waals surface area contributed by atoms with Gasteiger partial charge in [-0.05, 0) is 35.8 Å². The van der Waals surface area contributed by atoms with E-state index in [0.717, 1.165) is 11.1 Å². The highest BCUT2D eigenvalue weighted by Gasteiger charge is 2.14. The van der Waals surface area contributed by atoms with Crippen LogP contribution >= 0.6 is 0 Å². The zero-order valence-corrected chi connectivity index (χ0v) is 8.77. The van der Waals surface area contributed by atoms with Gasteiger partial charge in [-0.15, -0.1) is 6.58 Å². The first kappa shape index (κ1) is 10.4. The molecule has 3 nitrogen and oxygen atoms in total. The Morgan fingerprint density at radius 3 is 2.75 bits per heavy atom. The molecule has 0 amide bonds. The molecule has 1 heterocycles. The zero-order valence-electron chi connectivity index (χ0n) is 8.77. The SMILES string of the molecule is C=CCc1c(O)c(O)cc2c1C=CNC=C2. The van der Waals surface area contributed by atoms with E-state index in [1.807, 2.05) is 12.2 Å². The third kappa shape index (κ3) is 1.67. The summed E-state index contributed by atoms with van der Waals surface area (Å²) in [5.41, 5.74) is 2.46. The Labute approximate surface area is 94.0 Å². The van der Waals surface area contributed by atoms with Gasteiger partial charge in [-0.3, -0.25) is 0 Å². The molecule has 16 heavy (non-hydrogen) atoms. The second-order valence-corrected chi connectivity index (χ2v) is 3.55. The summed E-state index contributed by atoms with van der Waals surface area (Å²) in [7, 11) is 0. The average molecular weight is 215 g/mol. The maximum Gasteiger partial charge on any atom is 0.161 e. The van der Waals surface area contributed by atoms with E-state index in [-0.39, 0.29) is 11.5 Å². The maximum absolute atomic E-state index is 9.80. The highest BCUT2D eigenvalue weighted by molar-refractivity contribution is 5.74. The van der Waals surface area contributed by atoms with Crippen molar-refractivity contribution in [3.05, 3.63) is 47.8 Å². The van der Waals surface area contributed by atoms with E-state index in [0.29, 0.717) is 12.0 Å². The largest absolute Gasteiger partial charge is 0.504 e. The quantitative estimate of drug-likeness (QED) is 0.524. The fourth-order valence-corrected chi connectivity index (χ4v) is 1.76. The summed E-state index contributed by atoms with van der Waals surface area (Å²) in [5.74, 6) is -0.172. The van der Waals surface area contributed by atoms with E-state index in [1.165, 1.54) is 0 Å². The standard InChI is InChI=1S/C13H13NO2/c1-2-3-11-10-5-7-14-6-4-9(10)8-12(15)13(11)16/h2,4-8,14-16H,1,3H2. The number of hydrogen-bond acceptors (Lipinski definition) is 3. The molecule has 0 unspecified atom stereocenters. The first-order chi connectivity index (χ1) is 7.74. The van der Waals surface area contributed by atoms with Gasteiger partial charge >= 0.3 is 0 Å². The van der Waals surface area contributed by atoms with Crippen molar-refractivity contribution in [2.24, 2.45) is 0 Å². The Hall–Kier alpha value is -2.16. The predicted molar refractivity (Wildman–Crippen MR) is 64.9 cm³/mol. The van der Waals surface area contributed by atoms with Crippen LogP contribution in [0.2, 0.25) is 0 Å². The van der Waals surface area contributed by atoms with Gasteiger partial charge in [0.2, 0.25) is 0 Å². The summed E-state index contributed by atoms with van der Waals surface area (Å²) in [6.45, 7) is 3.65. The zero-order chi connectivity index (χ0) is 11.5. The van der Waals surface area contributed by atoms with Crippen molar-refractivity contribution in [3.8, 4) is 11.5 Å². The van der Waals surface area contributed by atoms with Crippen molar-refractivity contribution < 1.29 is 10.2 Å². The van der Waals surface area contributed by atoms with Gasteiger partial charge in [-0.2, -0.15) is 0 Å². The third-order valence-electron chi connectivity index (χ3n) is 2.51. The lowest BCUT2D eigenvalue weighted by atomic mass is 9.97. The van der Waals surface area contributed by atoms with Crippen LogP contribution in [0.15, 0.2) is 31.1 Å². The van der Waals surface area contributed by atoms with Crippen molar-refractivity contribution in [2.75, 3.05) is 0 Å². The lowest BCUT2D eigenvalue weighted by Gasteiger charge is -2.11. The van der Waals surface area contributed by atoms with Gasteiger partial charge in [0, 0.05) is 18.0 Å². The number of fused-ring (bicyclic) bond motifs is 1. The minimum absolute atomic E-state index is 0.0707. The molecular formula is C13H13NO2. The summed E-state index contributed by atoms with van der Waals surface area (Å²) >= 11 is 0. The van der Waals surface area contributed by atoms with Gasteiger partial charge in [0.05, 0.1) is 0 Å². The first-order valence-electron chi connectivity index (χ1n) is 5.02. The lowest BCUT2D eigenvalue weighted by molar-refractivity contribution is 0.400. The second-order valence-electron chi connectivity index (χ2n) is 3.55. The smallest absolute Gasteiger partial charge is 0.161 e. The molecule has 0 aromatic heterocycles. The van der Waals surface area contributed by atoms with E-state index in [9.17, 15) is 10.2 Å². The Bertz CT molecular complexity index is 487. The van der Waals surface area contributed by atoms with Crippen LogP contribution in [0, 0.1) is 0 Å². The molecule has 1 aromatic rings. The Kier molecular flexibility index (Phi) is 2.68. The van der Waals surface area contributed by atoms with E-state index in [2.05, 4.69) is 11.9 Å². The van der Waals surface area contributed by atoms with Gasteiger partial charge in [-0.1, -0.05) is 6.08 Å². The molecule has 0 atom stereocenters. The van der Waals surface area contributed by atoms with Crippen LogP contribution in [0.4, 0.5) is 0 Å². The maximum atomic E-state index is 9.80. The third-order valence-corrected chi connectivity index (χ3v) is 2.51. The molecule has 82 valence electrons. The number of nitrogens with one attached hydrogen (secondary N) is 1. The normalized spacial score (nSPS) is 12.8. The second kappa shape index (κ2) is 4.14. The van der Waals surface area contributed by atoms with E-state index in [4.69, 9.17) is 0 Å². The first-order valence-corrected chi connectivity index (χ1v) is 5.02. The van der Waals surface area contributed by atoms with Gasteiger partial charge < -0.3 is 15.5 Å². The molecule has 2 rings (SSSR count). The molecule has 3 heteroatoms. The molecule has 1 aliphatic heterocycles. The van der Waals surface area contributed by atoms with Crippen LogP contribution in [-0.2, 0) is 6.42 Å². The number of aromatic hydroxyl groups is 2. The number of phenols is 2. The number of rotatable bonds is 2. The van der Waals surface area contributed by atoms with Crippen molar-refractivity contribution >= 4 is 12.2 Å². The Morgan fingerprint density at radius 2 is 2.00 bits per heavy atom. The van der Waals surface area contributed by atoms with E-state index in [1.54, 1.807) is 24.5 Å². The van der Waals surface area contributed by atoms with E-state index >= 15 is 0 Å². The molecule has 0 radical (unpaired) electrons. The highest BCUT2D eigenvalue weighted by Crippen LogP contribution is 2.36. The summed E-state index contributed by atoms with van der Waals surface area (Å²) in [6.07, 6.45) is 9.49. The highest BCUT2D eigenvalue weighted by atomic mass is 16.3. The van der Waals surface area contributed by atoms with Crippen LogP contribution in [0.1, 0.15) is 16.7 Å². The molecule has 0 bridgehead atoms. The van der Waals surface area contributed by atoms with Crippen LogP contribution in [0.5, 0.6) is 11.5 Å². The molecule has 0 spiro atoms. The lowest BCUT2D eigenvalue weighted by Crippen LogP contribution is -1.92.